The molecule has 0 unspecified atom stereocenters. The molecular formula is C20H17N3O6. The molecule has 0 saturated carbocycles. The molecule has 2 aromatic rings. The second kappa shape index (κ2) is 8.26. The van der Waals surface area contributed by atoms with E-state index in [-0.39, 0.29) is 12.2 Å². The van der Waals surface area contributed by atoms with Crippen molar-refractivity contribution in [2.75, 3.05) is 18.6 Å². The fraction of sp³-hybridized carbons (Fsp3) is 0.100. The number of imide groups is 2. The van der Waals surface area contributed by atoms with E-state index < -0.39 is 23.8 Å². The van der Waals surface area contributed by atoms with Gasteiger partial charge in [-0.3, -0.25) is 19.7 Å². The van der Waals surface area contributed by atoms with Crippen LogP contribution in [0.2, 0.25) is 0 Å². The Labute approximate surface area is 165 Å². The van der Waals surface area contributed by atoms with E-state index in [0.29, 0.717) is 22.7 Å². The Morgan fingerprint density at radius 3 is 2.24 bits per heavy atom. The molecule has 3 N–H and O–H groups in total. The third kappa shape index (κ3) is 4.41. The Morgan fingerprint density at radius 2 is 1.66 bits per heavy atom. The number of carbonyl (C=O) groups is 4. The highest BCUT2D eigenvalue weighted by Crippen LogP contribution is 2.24. The zero-order valence-electron chi connectivity index (χ0n) is 15.4. The first kappa shape index (κ1) is 19.6. The van der Waals surface area contributed by atoms with E-state index >= 15 is 0 Å². The van der Waals surface area contributed by atoms with Crippen LogP contribution in [0.5, 0.6) is 11.5 Å². The molecule has 5 amide bonds. The van der Waals surface area contributed by atoms with Crippen LogP contribution in [0.4, 0.5) is 10.5 Å². The highest BCUT2D eigenvalue weighted by molar-refractivity contribution is 6.39. The van der Waals surface area contributed by atoms with Crippen LogP contribution in [0.15, 0.2) is 54.1 Å². The monoisotopic (exact) mass is 395 g/mol. The van der Waals surface area contributed by atoms with Crippen molar-refractivity contribution in [3.8, 4) is 11.5 Å². The van der Waals surface area contributed by atoms with Crippen molar-refractivity contribution >= 4 is 35.5 Å². The van der Waals surface area contributed by atoms with E-state index in [2.05, 4.69) is 5.32 Å². The molecule has 9 nitrogen and oxygen atoms in total. The van der Waals surface area contributed by atoms with Gasteiger partial charge in [0.25, 0.3) is 17.7 Å². The van der Waals surface area contributed by atoms with Gasteiger partial charge in [-0.05, 0) is 48.0 Å². The summed E-state index contributed by atoms with van der Waals surface area (Å²) >= 11 is 0. The first-order valence-corrected chi connectivity index (χ1v) is 8.45. The molecule has 1 heterocycles. The van der Waals surface area contributed by atoms with Gasteiger partial charge in [-0.15, -0.1) is 0 Å². The predicted molar refractivity (Wildman–Crippen MR) is 103 cm³/mol. The van der Waals surface area contributed by atoms with Gasteiger partial charge in [-0.25, -0.2) is 9.69 Å². The van der Waals surface area contributed by atoms with Crippen molar-refractivity contribution in [2.24, 2.45) is 5.73 Å². The molecule has 0 atom stereocenters. The molecule has 1 fully saturated rings. The summed E-state index contributed by atoms with van der Waals surface area (Å²) in [5.74, 6) is -1.19. The van der Waals surface area contributed by atoms with Gasteiger partial charge in [0.05, 0.1) is 12.8 Å². The fourth-order valence-corrected chi connectivity index (χ4v) is 2.60. The number of nitrogens with two attached hydrogens (primary N) is 1. The van der Waals surface area contributed by atoms with E-state index in [0.717, 1.165) is 4.90 Å². The van der Waals surface area contributed by atoms with Crippen LogP contribution < -0.4 is 25.4 Å². The Bertz CT molecular complexity index is 996. The number of nitrogens with zero attached hydrogens (tertiary/aromatic N) is 1. The minimum Gasteiger partial charge on any atom is -0.497 e. The Hall–Kier alpha value is -4.14. The number of urea groups is 1. The van der Waals surface area contributed by atoms with Gasteiger partial charge in [-0.2, -0.15) is 0 Å². The normalized spacial score (nSPS) is 15.3. The first-order valence-electron chi connectivity index (χ1n) is 8.45. The molecule has 1 saturated heterocycles. The maximum Gasteiger partial charge on any atom is 0.335 e. The summed E-state index contributed by atoms with van der Waals surface area (Å²) < 4.78 is 10.2. The molecule has 1 aliphatic rings. The average Bonchev–Trinajstić information content (AvgIpc) is 2.71. The number of hydrogen-bond donors (Lipinski definition) is 2. The van der Waals surface area contributed by atoms with E-state index in [4.69, 9.17) is 15.2 Å². The average molecular weight is 395 g/mol. The van der Waals surface area contributed by atoms with E-state index in [1.54, 1.807) is 36.4 Å². The molecule has 3 rings (SSSR count). The molecular weight excluding hydrogens is 378 g/mol. The van der Waals surface area contributed by atoms with Gasteiger partial charge < -0.3 is 15.2 Å². The minimum atomic E-state index is -0.836. The van der Waals surface area contributed by atoms with Crippen molar-refractivity contribution < 1.29 is 28.7 Å². The molecule has 0 spiro atoms. The maximum absolute atomic E-state index is 12.8. The van der Waals surface area contributed by atoms with Gasteiger partial charge in [0.15, 0.2) is 6.61 Å². The number of carbonyl (C=O) groups excluding carboxylic acids is 4. The molecule has 9 heteroatoms. The van der Waals surface area contributed by atoms with Gasteiger partial charge in [0.2, 0.25) is 0 Å². The van der Waals surface area contributed by atoms with E-state index in [1.165, 1.54) is 25.3 Å². The number of rotatable bonds is 6. The summed E-state index contributed by atoms with van der Waals surface area (Å²) in [5, 5.41) is 2.15. The summed E-state index contributed by atoms with van der Waals surface area (Å²) in [6.45, 7) is -0.264. The molecule has 29 heavy (non-hydrogen) atoms. The number of anilines is 1. The van der Waals surface area contributed by atoms with Gasteiger partial charge in [-0.1, -0.05) is 12.1 Å². The first-order chi connectivity index (χ1) is 13.9. The number of hydrogen-bond acceptors (Lipinski definition) is 6. The lowest BCUT2D eigenvalue weighted by atomic mass is 10.1. The van der Waals surface area contributed by atoms with Crippen molar-refractivity contribution in [3.63, 3.8) is 0 Å². The number of ether oxygens (including phenoxy) is 2. The topological polar surface area (TPSA) is 128 Å². The molecule has 0 aliphatic carbocycles. The number of benzene rings is 2. The summed E-state index contributed by atoms with van der Waals surface area (Å²) in [6, 6.07) is 11.7. The Morgan fingerprint density at radius 1 is 1.03 bits per heavy atom. The van der Waals surface area contributed by atoms with E-state index in [1.807, 2.05) is 0 Å². The molecule has 0 bridgehead atoms. The quantitative estimate of drug-likeness (QED) is 0.559. The Balaban J connectivity index is 1.85. The van der Waals surface area contributed by atoms with Crippen LogP contribution in [-0.2, 0) is 14.4 Å². The number of methoxy groups -OCH3 is 1. The number of amides is 5. The lowest BCUT2D eigenvalue weighted by Gasteiger charge is -2.26. The predicted octanol–water partition coefficient (Wildman–Crippen LogP) is 1.23. The van der Waals surface area contributed by atoms with Crippen LogP contribution >= 0.6 is 0 Å². The highest BCUT2D eigenvalue weighted by Gasteiger charge is 2.36. The third-order valence-electron chi connectivity index (χ3n) is 4.00. The summed E-state index contributed by atoms with van der Waals surface area (Å²) in [4.78, 5) is 48.8. The zero-order chi connectivity index (χ0) is 21.0. The summed E-state index contributed by atoms with van der Waals surface area (Å²) in [7, 11) is 1.50. The standard InChI is InChI=1S/C20H17N3O6/c1-28-14-8-4-13(5-9-14)23-19(26)16(18(25)22-20(23)27)10-12-2-6-15(7-3-12)29-11-17(21)24/h2-10H,11H2,1H3,(H2,21,24)(H,22,25,27)/b16-10+. The van der Waals surface area contributed by atoms with Gasteiger partial charge >= 0.3 is 6.03 Å². The molecule has 148 valence electrons. The highest BCUT2D eigenvalue weighted by atomic mass is 16.5. The number of barbiturate groups is 1. The fourth-order valence-electron chi connectivity index (χ4n) is 2.60. The maximum atomic E-state index is 12.8. The van der Waals surface area contributed by atoms with Crippen molar-refractivity contribution in [1.82, 2.24) is 5.32 Å². The second-order valence-corrected chi connectivity index (χ2v) is 5.98. The third-order valence-corrected chi connectivity index (χ3v) is 4.00. The minimum absolute atomic E-state index is 0.203. The Kier molecular flexibility index (Phi) is 5.59. The van der Waals surface area contributed by atoms with Crippen molar-refractivity contribution in [2.45, 2.75) is 0 Å². The van der Waals surface area contributed by atoms with Crippen LogP contribution in [0, 0.1) is 0 Å². The van der Waals surface area contributed by atoms with Crippen LogP contribution in [0.25, 0.3) is 6.08 Å². The number of nitrogens with one attached hydrogen (secondary N) is 1. The molecule has 2 aromatic carbocycles. The molecule has 0 radical (unpaired) electrons. The van der Waals surface area contributed by atoms with Gasteiger partial charge in [0.1, 0.15) is 17.1 Å². The van der Waals surface area contributed by atoms with Crippen LogP contribution in [0.1, 0.15) is 5.56 Å². The SMILES string of the molecule is COc1ccc(N2C(=O)NC(=O)/C(=C\c3ccc(OCC(N)=O)cc3)C2=O)cc1. The molecule has 1 aliphatic heterocycles. The van der Waals surface area contributed by atoms with Crippen LogP contribution in [-0.4, -0.2) is 37.5 Å². The number of primary amides is 1. The van der Waals surface area contributed by atoms with E-state index in [9.17, 15) is 19.2 Å². The second-order valence-electron chi connectivity index (χ2n) is 5.98. The lowest BCUT2D eigenvalue weighted by Crippen LogP contribution is -2.54. The smallest absolute Gasteiger partial charge is 0.335 e. The zero-order valence-corrected chi connectivity index (χ0v) is 15.4. The van der Waals surface area contributed by atoms with Crippen molar-refractivity contribution in [1.29, 1.82) is 0 Å². The summed E-state index contributed by atoms with van der Waals surface area (Å²) in [5.41, 5.74) is 5.64. The van der Waals surface area contributed by atoms with Crippen molar-refractivity contribution in [3.05, 3.63) is 59.7 Å². The van der Waals surface area contributed by atoms with Crippen LogP contribution in [0.3, 0.4) is 0 Å². The largest absolute Gasteiger partial charge is 0.497 e. The van der Waals surface area contributed by atoms with Gasteiger partial charge in [0, 0.05) is 0 Å². The lowest BCUT2D eigenvalue weighted by molar-refractivity contribution is -0.123. The summed E-state index contributed by atoms with van der Waals surface area (Å²) in [6.07, 6.45) is 1.36. The molecule has 0 aromatic heterocycles.